The van der Waals surface area contributed by atoms with Gasteiger partial charge in [-0.2, -0.15) is 0 Å². The summed E-state index contributed by atoms with van der Waals surface area (Å²) in [5.74, 6) is -1.98. The first-order valence-electron chi connectivity index (χ1n) is 7.41. The van der Waals surface area contributed by atoms with Crippen molar-refractivity contribution in [1.82, 2.24) is 4.90 Å². The second-order valence-corrected chi connectivity index (χ2v) is 6.58. The summed E-state index contributed by atoms with van der Waals surface area (Å²) in [6.07, 6.45) is 0.374. The van der Waals surface area contributed by atoms with E-state index < -0.39 is 28.7 Å². The molecule has 1 aliphatic rings. The Hall–Kier alpha value is -1.73. The molecule has 0 aromatic heterocycles. The van der Waals surface area contributed by atoms with Gasteiger partial charge in [0.1, 0.15) is 0 Å². The molecule has 7 heteroatoms. The van der Waals surface area contributed by atoms with E-state index in [-0.39, 0.29) is 12.3 Å². The fourth-order valence-corrected chi connectivity index (χ4v) is 2.82. The average Bonchev–Trinajstić information content (AvgIpc) is 2.46. The van der Waals surface area contributed by atoms with Crippen LogP contribution in [-0.2, 0) is 4.74 Å². The molecule has 1 atom stereocenters. The number of amides is 2. The maximum Gasteiger partial charge on any atom is 0.321 e. The van der Waals surface area contributed by atoms with Crippen LogP contribution in [0.5, 0.6) is 0 Å². The molecular formula is C16H22F2N2O3. The first-order chi connectivity index (χ1) is 10.7. The lowest BCUT2D eigenvalue weighted by atomic mass is 9.70. The lowest BCUT2D eigenvalue weighted by Gasteiger charge is -2.49. The molecule has 0 unspecified atom stereocenters. The van der Waals surface area contributed by atoms with Gasteiger partial charge in [0.05, 0.1) is 12.2 Å². The van der Waals surface area contributed by atoms with Crippen LogP contribution in [0.2, 0.25) is 0 Å². The van der Waals surface area contributed by atoms with Crippen molar-refractivity contribution in [2.75, 3.05) is 32.1 Å². The number of hydrogen-bond donors (Lipinski definition) is 2. The predicted molar refractivity (Wildman–Crippen MR) is 82.2 cm³/mol. The standard InChI is InChI=1S/C16H22F2N2O3/c1-15(2)9-20(7-6-16(15,22)10-23-3)14(21)19-11-4-5-12(17)13(18)8-11/h4-5,8,22H,6-7,9-10H2,1-3H3,(H,19,21)/t16-/m1/s1. The highest BCUT2D eigenvalue weighted by molar-refractivity contribution is 5.89. The highest BCUT2D eigenvalue weighted by Crippen LogP contribution is 2.39. The number of anilines is 1. The lowest BCUT2D eigenvalue weighted by Crippen LogP contribution is -2.61. The smallest absolute Gasteiger partial charge is 0.321 e. The number of halogens is 2. The number of carbonyl (C=O) groups excluding carboxylic acids is 1. The summed E-state index contributed by atoms with van der Waals surface area (Å²) < 4.78 is 31.2. The highest BCUT2D eigenvalue weighted by atomic mass is 19.2. The number of hydrogen-bond acceptors (Lipinski definition) is 3. The van der Waals surface area contributed by atoms with Crippen LogP contribution in [0.15, 0.2) is 18.2 Å². The third kappa shape index (κ3) is 3.61. The van der Waals surface area contributed by atoms with Crippen LogP contribution in [0.1, 0.15) is 20.3 Å². The Balaban J connectivity index is 2.05. The van der Waals surface area contributed by atoms with Crippen LogP contribution < -0.4 is 5.32 Å². The van der Waals surface area contributed by atoms with Crippen molar-refractivity contribution in [1.29, 1.82) is 0 Å². The fraction of sp³-hybridized carbons (Fsp3) is 0.562. The van der Waals surface area contributed by atoms with E-state index in [1.807, 2.05) is 13.8 Å². The van der Waals surface area contributed by atoms with Crippen molar-refractivity contribution >= 4 is 11.7 Å². The second kappa shape index (κ2) is 6.41. The number of ether oxygens (including phenoxy) is 1. The van der Waals surface area contributed by atoms with Gasteiger partial charge in [0, 0.05) is 37.4 Å². The minimum Gasteiger partial charge on any atom is -0.387 e. The summed E-state index contributed by atoms with van der Waals surface area (Å²) in [7, 11) is 1.52. The van der Waals surface area contributed by atoms with E-state index in [1.165, 1.54) is 13.2 Å². The number of methoxy groups -OCH3 is 1. The molecule has 1 aliphatic heterocycles. The second-order valence-electron chi connectivity index (χ2n) is 6.58. The van der Waals surface area contributed by atoms with Crippen LogP contribution in [0.3, 0.4) is 0 Å². The molecule has 2 amide bonds. The first kappa shape index (κ1) is 17.6. The van der Waals surface area contributed by atoms with E-state index in [0.29, 0.717) is 19.5 Å². The van der Waals surface area contributed by atoms with E-state index in [9.17, 15) is 18.7 Å². The van der Waals surface area contributed by atoms with Gasteiger partial charge in [0.2, 0.25) is 0 Å². The van der Waals surface area contributed by atoms with E-state index in [2.05, 4.69) is 5.32 Å². The summed E-state index contributed by atoms with van der Waals surface area (Å²) in [4.78, 5) is 13.9. The van der Waals surface area contributed by atoms with E-state index in [0.717, 1.165) is 12.1 Å². The molecule has 1 heterocycles. The molecule has 0 aliphatic carbocycles. The van der Waals surface area contributed by atoms with Gasteiger partial charge in [0.15, 0.2) is 11.6 Å². The average molecular weight is 328 g/mol. The zero-order valence-electron chi connectivity index (χ0n) is 13.5. The Morgan fingerprint density at radius 3 is 2.65 bits per heavy atom. The molecule has 0 bridgehead atoms. The SMILES string of the molecule is COC[C@]1(O)CCN(C(=O)Nc2ccc(F)c(F)c2)CC1(C)C. The number of urea groups is 1. The lowest BCUT2D eigenvalue weighted by molar-refractivity contribution is -0.143. The zero-order chi connectivity index (χ0) is 17.3. The molecule has 2 rings (SSSR count). The normalized spacial score (nSPS) is 23.7. The molecular weight excluding hydrogens is 306 g/mol. The number of carbonyl (C=O) groups is 1. The van der Waals surface area contributed by atoms with Gasteiger partial charge in [-0.25, -0.2) is 13.6 Å². The summed E-state index contributed by atoms with van der Waals surface area (Å²) in [5, 5.41) is 13.2. The highest BCUT2D eigenvalue weighted by Gasteiger charge is 2.48. The Labute approximate surface area is 134 Å². The van der Waals surface area contributed by atoms with Crippen molar-refractivity contribution in [2.24, 2.45) is 5.41 Å². The van der Waals surface area contributed by atoms with Gasteiger partial charge < -0.3 is 20.1 Å². The summed E-state index contributed by atoms with van der Waals surface area (Å²) in [6.45, 7) is 4.59. The van der Waals surface area contributed by atoms with Crippen molar-refractivity contribution in [3.05, 3.63) is 29.8 Å². The molecule has 0 radical (unpaired) electrons. The molecule has 1 fully saturated rings. The van der Waals surface area contributed by atoms with Gasteiger partial charge in [-0.15, -0.1) is 0 Å². The maximum atomic E-state index is 13.2. The van der Waals surface area contributed by atoms with Gasteiger partial charge in [0.25, 0.3) is 0 Å². The number of nitrogens with one attached hydrogen (secondary N) is 1. The summed E-state index contributed by atoms with van der Waals surface area (Å²) in [5.41, 5.74) is -1.39. The minimum atomic E-state index is -1.02. The van der Waals surface area contributed by atoms with Gasteiger partial charge in [-0.3, -0.25) is 0 Å². The zero-order valence-corrected chi connectivity index (χ0v) is 13.5. The molecule has 0 spiro atoms. The number of nitrogens with zero attached hydrogens (tertiary/aromatic N) is 1. The Bertz CT molecular complexity index is 595. The number of rotatable bonds is 3. The maximum absolute atomic E-state index is 13.2. The van der Waals surface area contributed by atoms with Gasteiger partial charge in [-0.05, 0) is 18.6 Å². The predicted octanol–water partition coefficient (Wildman–Crippen LogP) is 2.61. The minimum absolute atomic E-state index is 0.185. The van der Waals surface area contributed by atoms with Gasteiger partial charge in [-0.1, -0.05) is 13.8 Å². The van der Waals surface area contributed by atoms with Crippen LogP contribution in [-0.4, -0.2) is 48.4 Å². The Kier molecular flexibility index (Phi) is 4.91. The number of piperidine rings is 1. The van der Waals surface area contributed by atoms with Crippen molar-refractivity contribution in [3.63, 3.8) is 0 Å². The molecule has 1 aromatic carbocycles. The van der Waals surface area contributed by atoms with Crippen molar-refractivity contribution in [3.8, 4) is 0 Å². The molecule has 1 saturated heterocycles. The van der Waals surface area contributed by atoms with Gasteiger partial charge >= 0.3 is 6.03 Å². The molecule has 5 nitrogen and oxygen atoms in total. The molecule has 23 heavy (non-hydrogen) atoms. The Morgan fingerprint density at radius 2 is 2.09 bits per heavy atom. The topological polar surface area (TPSA) is 61.8 Å². The quantitative estimate of drug-likeness (QED) is 0.896. The number of likely N-dealkylation sites (tertiary alicyclic amines) is 1. The molecule has 0 saturated carbocycles. The summed E-state index contributed by atoms with van der Waals surface area (Å²) >= 11 is 0. The monoisotopic (exact) mass is 328 g/mol. The number of aliphatic hydroxyl groups is 1. The van der Waals surface area contributed by atoms with Crippen LogP contribution in [0.25, 0.3) is 0 Å². The fourth-order valence-electron chi connectivity index (χ4n) is 2.82. The number of benzene rings is 1. The van der Waals surface area contributed by atoms with E-state index >= 15 is 0 Å². The summed E-state index contributed by atoms with van der Waals surface area (Å²) in [6, 6.07) is 2.78. The molecule has 2 N–H and O–H groups in total. The molecule has 1 aromatic rings. The van der Waals surface area contributed by atoms with E-state index in [1.54, 1.807) is 4.90 Å². The van der Waals surface area contributed by atoms with Crippen LogP contribution in [0, 0.1) is 17.0 Å². The molecule has 128 valence electrons. The van der Waals surface area contributed by atoms with Crippen molar-refractivity contribution < 1.29 is 23.4 Å². The van der Waals surface area contributed by atoms with Crippen molar-refractivity contribution in [2.45, 2.75) is 25.9 Å². The van der Waals surface area contributed by atoms with E-state index in [4.69, 9.17) is 4.74 Å². The first-order valence-corrected chi connectivity index (χ1v) is 7.41. The van der Waals surface area contributed by atoms with Crippen LogP contribution >= 0.6 is 0 Å². The van der Waals surface area contributed by atoms with Crippen LogP contribution in [0.4, 0.5) is 19.3 Å². The third-order valence-electron chi connectivity index (χ3n) is 4.48. The third-order valence-corrected chi connectivity index (χ3v) is 4.48. The largest absolute Gasteiger partial charge is 0.387 e. The Morgan fingerprint density at radius 1 is 1.39 bits per heavy atom.